The Hall–Kier alpha value is 0.580. The molecule has 0 spiro atoms. The van der Waals surface area contributed by atoms with Crippen LogP contribution in [0.5, 0.6) is 0 Å². The molecule has 3 atom stereocenters. The highest BCUT2D eigenvalue weighted by Gasteiger charge is 2.32. The first-order valence-electron chi connectivity index (χ1n) is 5.50. The summed E-state index contributed by atoms with van der Waals surface area (Å²) in [5, 5.41) is 3.56. The molecule has 1 aromatic rings. The zero-order valence-corrected chi connectivity index (χ0v) is 13.2. The Labute approximate surface area is 117 Å². The maximum atomic E-state index is 5.82. The summed E-state index contributed by atoms with van der Waals surface area (Å²) >= 11 is 8.78. The lowest BCUT2D eigenvalue weighted by Gasteiger charge is -2.14. The topological polar surface area (TPSA) is 38.0 Å². The van der Waals surface area contributed by atoms with Gasteiger partial charge in [-0.3, -0.25) is 0 Å². The Balaban J connectivity index is 1.93. The van der Waals surface area contributed by atoms with Crippen molar-refractivity contribution in [2.24, 2.45) is 17.6 Å². The van der Waals surface area contributed by atoms with Gasteiger partial charge in [-0.1, -0.05) is 6.92 Å². The fraction of sp³-hybridized carbons (Fsp3) is 0.636. The second-order valence-corrected chi connectivity index (χ2v) is 7.70. The van der Waals surface area contributed by atoms with Crippen LogP contribution in [0, 0.1) is 11.8 Å². The van der Waals surface area contributed by atoms with E-state index in [2.05, 4.69) is 50.2 Å². The lowest BCUT2D eigenvalue weighted by molar-refractivity contribution is 0.517. The highest BCUT2D eigenvalue weighted by Crippen LogP contribution is 2.38. The van der Waals surface area contributed by atoms with Crippen LogP contribution < -0.4 is 11.1 Å². The molecular formula is C11H16Br2N2S. The zero-order chi connectivity index (χ0) is 11.7. The number of hydrogen-bond donors (Lipinski definition) is 2. The van der Waals surface area contributed by atoms with Gasteiger partial charge in [0.15, 0.2) is 0 Å². The lowest BCUT2D eigenvalue weighted by atomic mass is 10.2. The largest absolute Gasteiger partial charge is 0.329 e. The molecule has 0 aromatic carbocycles. The molecule has 1 aromatic heterocycles. The standard InChI is InChI=1S/C11H16Br2N2S/c1-6-2-7(6)5-15-9(4-14)10-3-8(12)11(13)16-10/h3,6-7,9,15H,2,4-5,14H2,1H3. The van der Waals surface area contributed by atoms with Crippen molar-refractivity contribution in [3.63, 3.8) is 0 Å². The summed E-state index contributed by atoms with van der Waals surface area (Å²) < 4.78 is 2.26. The normalized spacial score (nSPS) is 25.8. The highest BCUT2D eigenvalue weighted by atomic mass is 79.9. The number of rotatable bonds is 5. The van der Waals surface area contributed by atoms with E-state index in [0.29, 0.717) is 12.6 Å². The molecule has 5 heteroatoms. The van der Waals surface area contributed by atoms with Gasteiger partial charge in [0, 0.05) is 15.9 Å². The van der Waals surface area contributed by atoms with Crippen LogP contribution in [0.1, 0.15) is 24.3 Å². The third-order valence-electron chi connectivity index (χ3n) is 3.15. The van der Waals surface area contributed by atoms with Crippen molar-refractivity contribution in [2.75, 3.05) is 13.1 Å². The van der Waals surface area contributed by atoms with E-state index in [-0.39, 0.29) is 0 Å². The van der Waals surface area contributed by atoms with Crippen LogP contribution in [0.2, 0.25) is 0 Å². The third kappa shape index (κ3) is 3.07. The van der Waals surface area contributed by atoms with Crippen molar-refractivity contribution in [1.29, 1.82) is 0 Å². The first kappa shape index (κ1) is 13.0. The van der Waals surface area contributed by atoms with Crippen LogP contribution >= 0.6 is 43.2 Å². The number of hydrogen-bond acceptors (Lipinski definition) is 3. The highest BCUT2D eigenvalue weighted by molar-refractivity contribution is 9.13. The summed E-state index contributed by atoms with van der Waals surface area (Å²) in [5.41, 5.74) is 5.82. The molecule has 0 radical (unpaired) electrons. The molecule has 1 heterocycles. The Kier molecular flexibility index (Phi) is 4.46. The monoisotopic (exact) mass is 366 g/mol. The summed E-state index contributed by atoms with van der Waals surface area (Å²) in [6.07, 6.45) is 1.36. The lowest BCUT2D eigenvalue weighted by Crippen LogP contribution is -2.29. The molecule has 0 bridgehead atoms. The average molecular weight is 368 g/mol. The van der Waals surface area contributed by atoms with Gasteiger partial charge in [0.05, 0.1) is 9.83 Å². The van der Waals surface area contributed by atoms with Crippen LogP contribution in [0.3, 0.4) is 0 Å². The predicted molar refractivity (Wildman–Crippen MR) is 76.8 cm³/mol. The second kappa shape index (κ2) is 5.48. The Morgan fingerprint density at radius 1 is 1.62 bits per heavy atom. The van der Waals surface area contributed by atoms with Crippen LogP contribution in [0.25, 0.3) is 0 Å². The zero-order valence-electron chi connectivity index (χ0n) is 9.17. The summed E-state index contributed by atoms with van der Waals surface area (Å²) in [7, 11) is 0. The van der Waals surface area contributed by atoms with Gasteiger partial charge >= 0.3 is 0 Å². The molecule has 16 heavy (non-hydrogen) atoms. The maximum Gasteiger partial charge on any atom is 0.0843 e. The van der Waals surface area contributed by atoms with Crippen molar-refractivity contribution >= 4 is 43.2 Å². The van der Waals surface area contributed by atoms with Crippen LogP contribution in [0.15, 0.2) is 14.3 Å². The van der Waals surface area contributed by atoms with Crippen molar-refractivity contribution in [3.8, 4) is 0 Å². The molecule has 90 valence electrons. The molecule has 1 saturated carbocycles. The van der Waals surface area contributed by atoms with Gasteiger partial charge in [0.1, 0.15) is 0 Å². The number of thiophene rings is 1. The Morgan fingerprint density at radius 3 is 2.75 bits per heavy atom. The van der Waals surface area contributed by atoms with Crippen molar-refractivity contribution < 1.29 is 0 Å². The van der Waals surface area contributed by atoms with E-state index in [1.54, 1.807) is 11.3 Å². The molecule has 0 amide bonds. The smallest absolute Gasteiger partial charge is 0.0843 e. The van der Waals surface area contributed by atoms with Crippen molar-refractivity contribution in [2.45, 2.75) is 19.4 Å². The Bertz CT molecular complexity index is 347. The van der Waals surface area contributed by atoms with E-state index in [1.807, 2.05) is 0 Å². The minimum atomic E-state index is 0.292. The molecular weight excluding hydrogens is 352 g/mol. The van der Waals surface area contributed by atoms with E-state index in [9.17, 15) is 0 Å². The van der Waals surface area contributed by atoms with E-state index in [0.717, 1.165) is 26.6 Å². The van der Waals surface area contributed by atoms with Gasteiger partial charge in [-0.25, -0.2) is 0 Å². The first-order chi connectivity index (χ1) is 7.61. The molecule has 1 fully saturated rings. The molecule has 1 aliphatic carbocycles. The van der Waals surface area contributed by atoms with Crippen molar-refractivity contribution in [3.05, 3.63) is 19.2 Å². The summed E-state index contributed by atoms with van der Waals surface area (Å²) in [6, 6.07) is 2.44. The van der Waals surface area contributed by atoms with Crippen LogP contribution in [0.4, 0.5) is 0 Å². The SMILES string of the molecule is CC1CC1CNC(CN)c1cc(Br)c(Br)s1. The van der Waals surface area contributed by atoms with E-state index in [1.165, 1.54) is 11.3 Å². The predicted octanol–water partition coefficient (Wildman–Crippen LogP) is 3.52. The minimum absolute atomic E-state index is 0.292. The van der Waals surface area contributed by atoms with Crippen LogP contribution in [-0.2, 0) is 0 Å². The van der Waals surface area contributed by atoms with Gasteiger partial charge in [0.2, 0.25) is 0 Å². The minimum Gasteiger partial charge on any atom is -0.329 e. The number of halogens is 2. The van der Waals surface area contributed by atoms with Gasteiger partial charge < -0.3 is 11.1 Å². The molecule has 0 saturated heterocycles. The summed E-state index contributed by atoms with van der Waals surface area (Å²) in [4.78, 5) is 1.30. The fourth-order valence-corrected chi connectivity index (χ4v) is 3.99. The molecule has 2 rings (SSSR count). The number of nitrogens with one attached hydrogen (secondary N) is 1. The molecule has 3 unspecified atom stereocenters. The maximum absolute atomic E-state index is 5.82. The molecule has 2 nitrogen and oxygen atoms in total. The van der Waals surface area contributed by atoms with E-state index >= 15 is 0 Å². The molecule has 3 N–H and O–H groups in total. The van der Waals surface area contributed by atoms with Crippen LogP contribution in [-0.4, -0.2) is 13.1 Å². The Morgan fingerprint density at radius 2 is 2.31 bits per heavy atom. The fourth-order valence-electron chi connectivity index (χ4n) is 1.81. The van der Waals surface area contributed by atoms with Gasteiger partial charge in [-0.05, 0) is 62.7 Å². The first-order valence-corrected chi connectivity index (χ1v) is 7.90. The van der Waals surface area contributed by atoms with Gasteiger partial charge in [0.25, 0.3) is 0 Å². The third-order valence-corrected chi connectivity index (χ3v) is 6.52. The molecule has 0 aliphatic heterocycles. The summed E-state index contributed by atoms with van der Waals surface area (Å²) in [6.45, 7) is 4.05. The summed E-state index contributed by atoms with van der Waals surface area (Å²) in [5.74, 6) is 1.76. The van der Waals surface area contributed by atoms with Gasteiger partial charge in [-0.15, -0.1) is 11.3 Å². The van der Waals surface area contributed by atoms with E-state index in [4.69, 9.17) is 5.73 Å². The average Bonchev–Trinajstić information content (AvgIpc) is 2.84. The quantitative estimate of drug-likeness (QED) is 0.835. The second-order valence-electron chi connectivity index (χ2n) is 4.44. The van der Waals surface area contributed by atoms with Crippen molar-refractivity contribution in [1.82, 2.24) is 5.32 Å². The van der Waals surface area contributed by atoms with Gasteiger partial charge in [-0.2, -0.15) is 0 Å². The molecule has 1 aliphatic rings. The number of nitrogens with two attached hydrogens (primary N) is 1. The van der Waals surface area contributed by atoms with E-state index < -0.39 is 0 Å².